The largest absolute Gasteiger partial charge is 0.491 e. The second kappa shape index (κ2) is 4.99. The van der Waals surface area contributed by atoms with Gasteiger partial charge in [-0.15, -0.1) is 0 Å². The van der Waals surface area contributed by atoms with Gasteiger partial charge < -0.3 is 15.8 Å². The van der Waals surface area contributed by atoms with Crippen LogP contribution in [0.5, 0.6) is 5.75 Å². The van der Waals surface area contributed by atoms with Crippen LogP contribution in [-0.2, 0) is 11.3 Å². The van der Waals surface area contributed by atoms with E-state index < -0.39 is 0 Å². The van der Waals surface area contributed by atoms with E-state index in [-0.39, 0.29) is 11.9 Å². The van der Waals surface area contributed by atoms with Crippen LogP contribution in [0.1, 0.15) is 18.4 Å². The van der Waals surface area contributed by atoms with Gasteiger partial charge in [-0.3, -0.25) is 4.79 Å². The normalized spacial score (nSPS) is 19.6. The number of ether oxygens (including phenoxy) is 1. The van der Waals surface area contributed by atoms with Crippen molar-refractivity contribution in [2.45, 2.75) is 25.4 Å². The van der Waals surface area contributed by atoms with Crippen molar-refractivity contribution in [1.82, 2.24) is 5.32 Å². The van der Waals surface area contributed by atoms with Crippen molar-refractivity contribution in [3.8, 4) is 5.75 Å². The molecule has 0 aromatic heterocycles. The van der Waals surface area contributed by atoms with Gasteiger partial charge in [0.1, 0.15) is 12.4 Å². The van der Waals surface area contributed by atoms with E-state index in [1.165, 1.54) is 0 Å². The molecule has 0 bridgehead atoms. The summed E-state index contributed by atoms with van der Waals surface area (Å²) in [6, 6.07) is 7.86. The van der Waals surface area contributed by atoms with Crippen molar-refractivity contribution in [3.63, 3.8) is 0 Å². The van der Waals surface area contributed by atoms with Crippen LogP contribution in [-0.4, -0.2) is 18.6 Å². The average molecular weight is 220 g/mol. The molecule has 0 aliphatic carbocycles. The first kappa shape index (κ1) is 11.0. The Morgan fingerprint density at radius 2 is 2.38 bits per heavy atom. The van der Waals surface area contributed by atoms with Crippen LogP contribution in [0, 0.1) is 0 Å². The van der Waals surface area contributed by atoms with E-state index in [0.717, 1.165) is 17.7 Å². The van der Waals surface area contributed by atoms with Crippen molar-refractivity contribution < 1.29 is 9.53 Å². The topological polar surface area (TPSA) is 64.3 Å². The molecule has 1 unspecified atom stereocenters. The van der Waals surface area contributed by atoms with Crippen LogP contribution in [0.15, 0.2) is 24.3 Å². The van der Waals surface area contributed by atoms with Crippen LogP contribution >= 0.6 is 0 Å². The number of carbonyl (C=O) groups is 1. The summed E-state index contributed by atoms with van der Waals surface area (Å²) in [6.07, 6.45) is 1.46. The van der Waals surface area contributed by atoms with Crippen LogP contribution in [0.2, 0.25) is 0 Å². The summed E-state index contributed by atoms with van der Waals surface area (Å²) in [5.41, 5.74) is 6.59. The fourth-order valence-electron chi connectivity index (χ4n) is 1.76. The maximum absolute atomic E-state index is 11.0. The zero-order chi connectivity index (χ0) is 11.4. The van der Waals surface area contributed by atoms with Gasteiger partial charge in [0.15, 0.2) is 0 Å². The first-order valence-electron chi connectivity index (χ1n) is 5.49. The fraction of sp³-hybridized carbons (Fsp3) is 0.417. The number of rotatable bonds is 4. The zero-order valence-corrected chi connectivity index (χ0v) is 9.11. The van der Waals surface area contributed by atoms with E-state index >= 15 is 0 Å². The minimum atomic E-state index is 0.115. The van der Waals surface area contributed by atoms with E-state index in [9.17, 15) is 4.79 Å². The molecule has 86 valence electrons. The van der Waals surface area contributed by atoms with Gasteiger partial charge in [-0.2, -0.15) is 0 Å². The molecule has 1 aromatic rings. The molecule has 1 amide bonds. The summed E-state index contributed by atoms with van der Waals surface area (Å²) in [5, 5.41) is 2.86. The summed E-state index contributed by atoms with van der Waals surface area (Å²) in [7, 11) is 0. The van der Waals surface area contributed by atoms with Crippen molar-refractivity contribution in [2.24, 2.45) is 5.73 Å². The Balaban J connectivity index is 1.87. The first-order valence-corrected chi connectivity index (χ1v) is 5.49. The van der Waals surface area contributed by atoms with Gasteiger partial charge in [0, 0.05) is 13.0 Å². The van der Waals surface area contributed by atoms with E-state index in [1.54, 1.807) is 0 Å². The number of carbonyl (C=O) groups excluding carboxylic acids is 1. The van der Waals surface area contributed by atoms with Crippen LogP contribution in [0.3, 0.4) is 0 Å². The minimum absolute atomic E-state index is 0.115. The Morgan fingerprint density at radius 3 is 3.06 bits per heavy atom. The SMILES string of the molecule is NCc1cccc(OCC2CCC(=O)N2)c1. The molecular weight excluding hydrogens is 204 g/mol. The summed E-state index contributed by atoms with van der Waals surface area (Å²) in [5.74, 6) is 0.924. The Bertz CT molecular complexity index is 379. The van der Waals surface area contributed by atoms with E-state index in [4.69, 9.17) is 10.5 Å². The second-order valence-electron chi connectivity index (χ2n) is 3.97. The maximum atomic E-state index is 11.0. The first-order chi connectivity index (χ1) is 7.78. The Labute approximate surface area is 94.8 Å². The minimum Gasteiger partial charge on any atom is -0.491 e. The quantitative estimate of drug-likeness (QED) is 0.789. The van der Waals surface area contributed by atoms with Gasteiger partial charge in [-0.25, -0.2) is 0 Å². The summed E-state index contributed by atoms with van der Waals surface area (Å²) in [4.78, 5) is 11.0. The van der Waals surface area contributed by atoms with E-state index in [1.807, 2.05) is 24.3 Å². The third-order valence-electron chi connectivity index (χ3n) is 2.67. The molecule has 16 heavy (non-hydrogen) atoms. The van der Waals surface area contributed by atoms with E-state index in [0.29, 0.717) is 19.6 Å². The van der Waals surface area contributed by atoms with Crippen LogP contribution < -0.4 is 15.8 Å². The standard InChI is InChI=1S/C12H16N2O2/c13-7-9-2-1-3-11(6-9)16-8-10-4-5-12(15)14-10/h1-3,6,10H,4-5,7-8,13H2,(H,14,15). The fourth-order valence-corrected chi connectivity index (χ4v) is 1.76. The van der Waals surface area contributed by atoms with Crippen molar-refractivity contribution >= 4 is 5.91 Å². The van der Waals surface area contributed by atoms with Gasteiger partial charge in [-0.05, 0) is 24.1 Å². The molecule has 4 nitrogen and oxygen atoms in total. The van der Waals surface area contributed by atoms with Gasteiger partial charge in [0.2, 0.25) is 5.91 Å². The predicted molar refractivity (Wildman–Crippen MR) is 61.0 cm³/mol. The number of nitrogens with two attached hydrogens (primary N) is 1. The molecule has 4 heteroatoms. The lowest BCUT2D eigenvalue weighted by Gasteiger charge is -2.12. The predicted octanol–water partition coefficient (Wildman–Crippen LogP) is 0.803. The number of nitrogens with one attached hydrogen (secondary N) is 1. The van der Waals surface area contributed by atoms with Gasteiger partial charge in [0.05, 0.1) is 6.04 Å². The highest BCUT2D eigenvalue weighted by atomic mass is 16.5. The van der Waals surface area contributed by atoms with Crippen LogP contribution in [0.4, 0.5) is 0 Å². The lowest BCUT2D eigenvalue weighted by Crippen LogP contribution is -2.30. The van der Waals surface area contributed by atoms with Crippen LogP contribution in [0.25, 0.3) is 0 Å². The van der Waals surface area contributed by atoms with E-state index in [2.05, 4.69) is 5.32 Å². The van der Waals surface area contributed by atoms with Gasteiger partial charge in [-0.1, -0.05) is 12.1 Å². The third kappa shape index (κ3) is 2.73. The molecular formula is C12H16N2O2. The highest BCUT2D eigenvalue weighted by Gasteiger charge is 2.20. The smallest absolute Gasteiger partial charge is 0.220 e. The summed E-state index contributed by atoms with van der Waals surface area (Å²) in [6.45, 7) is 1.04. The molecule has 0 saturated carbocycles. The molecule has 2 rings (SSSR count). The lowest BCUT2D eigenvalue weighted by molar-refractivity contribution is -0.119. The molecule has 3 N–H and O–H groups in total. The maximum Gasteiger partial charge on any atom is 0.220 e. The number of benzene rings is 1. The lowest BCUT2D eigenvalue weighted by atomic mass is 10.2. The zero-order valence-electron chi connectivity index (χ0n) is 9.11. The molecule has 1 aliphatic heterocycles. The molecule has 0 spiro atoms. The summed E-state index contributed by atoms with van der Waals surface area (Å²) < 4.78 is 5.61. The highest BCUT2D eigenvalue weighted by Crippen LogP contribution is 2.14. The average Bonchev–Trinajstić information content (AvgIpc) is 2.73. The molecule has 0 radical (unpaired) electrons. The molecule has 1 atom stereocenters. The molecule has 1 fully saturated rings. The van der Waals surface area contributed by atoms with Crippen molar-refractivity contribution in [1.29, 1.82) is 0 Å². The van der Waals surface area contributed by atoms with Gasteiger partial charge in [0.25, 0.3) is 0 Å². The number of hydrogen-bond acceptors (Lipinski definition) is 3. The third-order valence-corrected chi connectivity index (χ3v) is 2.67. The Kier molecular flexibility index (Phi) is 3.41. The van der Waals surface area contributed by atoms with Gasteiger partial charge >= 0.3 is 0 Å². The number of amides is 1. The Hall–Kier alpha value is -1.55. The highest BCUT2D eigenvalue weighted by molar-refractivity contribution is 5.78. The monoisotopic (exact) mass is 220 g/mol. The Morgan fingerprint density at radius 1 is 1.50 bits per heavy atom. The summed E-state index contributed by atoms with van der Waals surface area (Å²) >= 11 is 0. The number of hydrogen-bond donors (Lipinski definition) is 2. The molecule has 1 aromatic carbocycles. The molecule has 1 heterocycles. The molecule has 1 aliphatic rings. The molecule has 1 saturated heterocycles. The van der Waals surface area contributed by atoms with Crippen molar-refractivity contribution in [3.05, 3.63) is 29.8 Å². The second-order valence-corrected chi connectivity index (χ2v) is 3.97. The van der Waals surface area contributed by atoms with Crippen molar-refractivity contribution in [2.75, 3.05) is 6.61 Å².